The van der Waals surface area contributed by atoms with Crippen LogP contribution in [0.4, 0.5) is 5.82 Å². The first-order valence-electron chi connectivity index (χ1n) is 7.03. The molecule has 0 bridgehead atoms. The number of nitrogens with two attached hydrogens (primary N) is 1. The van der Waals surface area contributed by atoms with E-state index in [0.717, 1.165) is 36.2 Å². The second-order valence-corrected chi connectivity index (χ2v) is 4.90. The van der Waals surface area contributed by atoms with Crippen molar-refractivity contribution < 1.29 is 4.79 Å². The molecular formula is C15H16N6O. The molecule has 0 saturated carbocycles. The first-order valence-corrected chi connectivity index (χ1v) is 7.03. The smallest absolute Gasteiger partial charge is 0.269 e. The number of carbonyl (C=O) groups is 1. The molecule has 1 amide bonds. The van der Waals surface area contributed by atoms with Crippen molar-refractivity contribution in [3.05, 3.63) is 47.9 Å². The average Bonchev–Trinajstić information content (AvgIpc) is 2.95. The number of rotatable bonds is 6. The molecule has 0 aliphatic carbocycles. The first-order chi connectivity index (χ1) is 10.7. The highest BCUT2D eigenvalue weighted by atomic mass is 16.1. The van der Waals surface area contributed by atoms with Crippen LogP contribution < -0.4 is 11.1 Å². The lowest BCUT2D eigenvalue weighted by atomic mass is 10.3. The number of H-pyrrole nitrogens is 1. The number of anilines is 1. The van der Waals surface area contributed by atoms with Gasteiger partial charge in [-0.05, 0) is 30.7 Å². The number of carbonyl (C=O) groups excluding carboxylic acids is 1. The summed E-state index contributed by atoms with van der Waals surface area (Å²) in [6, 6.07) is 11.2. The molecule has 3 rings (SSSR count). The average molecular weight is 296 g/mol. The van der Waals surface area contributed by atoms with E-state index >= 15 is 0 Å². The van der Waals surface area contributed by atoms with Crippen LogP contribution in [0.25, 0.3) is 11.0 Å². The quantitative estimate of drug-likeness (QED) is 0.597. The molecule has 0 aliphatic heterocycles. The number of benzene rings is 1. The summed E-state index contributed by atoms with van der Waals surface area (Å²) in [5.74, 6) is 1.01. The lowest BCUT2D eigenvalue weighted by Gasteiger charge is -2.04. The van der Waals surface area contributed by atoms with E-state index < -0.39 is 5.91 Å². The summed E-state index contributed by atoms with van der Waals surface area (Å²) in [6.07, 6.45) is 1.74. The Morgan fingerprint density at radius 3 is 2.77 bits per heavy atom. The third-order valence-electron chi connectivity index (χ3n) is 3.25. The second-order valence-electron chi connectivity index (χ2n) is 4.90. The van der Waals surface area contributed by atoms with Gasteiger partial charge >= 0.3 is 0 Å². The Morgan fingerprint density at radius 2 is 2.05 bits per heavy atom. The van der Waals surface area contributed by atoms with Crippen LogP contribution in [0.3, 0.4) is 0 Å². The van der Waals surface area contributed by atoms with Gasteiger partial charge in [0.05, 0.1) is 11.0 Å². The number of hydrogen-bond donors (Lipinski definition) is 3. The predicted molar refractivity (Wildman–Crippen MR) is 83.5 cm³/mol. The summed E-state index contributed by atoms with van der Waals surface area (Å²) >= 11 is 0. The van der Waals surface area contributed by atoms with E-state index in [1.54, 1.807) is 12.1 Å². The Balaban J connectivity index is 1.49. The molecule has 4 N–H and O–H groups in total. The fourth-order valence-electron chi connectivity index (χ4n) is 2.15. The zero-order valence-electron chi connectivity index (χ0n) is 11.9. The number of para-hydroxylation sites is 2. The molecule has 0 spiro atoms. The molecule has 0 aliphatic rings. The van der Waals surface area contributed by atoms with Crippen molar-refractivity contribution in [2.75, 3.05) is 11.9 Å². The van der Waals surface area contributed by atoms with Gasteiger partial charge in [-0.3, -0.25) is 4.79 Å². The molecule has 2 heterocycles. The SMILES string of the molecule is NC(=O)c1ccc(NCCCc2nc3ccccc3[nH]2)nn1. The third-order valence-corrected chi connectivity index (χ3v) is 3.25. The molecule has 7 heteroatoms. The molecule has 0 saturated heterocycles. The Morgan fingerprint density at radius 1 is 1.18 bits per heavy atom. The molecule has 3 aromatic rings. The summed E-state index contributed by atoms with van der Waals surface area (Å²) in [5.41, 5.74) is 7.31. The standard InChI is InChI=1S/C15H16N6O/c16-15(22)12-7-8-13(21-20-12)17-9-3-6-14-18-10-4-1-2-5-11(10)19-14/h1-2,4-5,7-8H,3,6,9H2,(H2,16,22)(H,17,21)(H,18,19). The molecule has 0 atom stereocenters. The van der Waals surface area contributed by atoms with E-state index in [1.165, 1.54) is 0 Å². The normalized spacial score (nSPS) is 10.7. The number of nitrogens with zero attached hydrogens (tertiary/aromatic N) is 3. The number of aromatic amines is 1. The number of amides is 1. The van der Waals surface area contributed by atoms with Gasteiger partial charge < -0.3 is 16.0 Å². The Bertz CT molecular complexity index is 747. The van der Waals surface area contributed by atoms with Gasteiger partial charge in [0.2, 0.25) is 0 Å². The van der Waals surface area contributed by atoms with Crippen molar-refractivity contribution in [2.45, 2.75) is 12.8 Å². The van der Waals surface area contributed by atoms with E-state index in [-0.39, 0.29) is 5.69 Å². The number of aryl methyl sites for hydroxylation is 1. The molecule has 0 unspecified atom stereocenters. The monoisotopic (exact) mass is 296 g/mol. The van der Waals surface area contributed by atoms with E-state index in [1.807, 2.05) is 24.3 Å². The third kappa shape index (κ3) is 3.20. The topological polar surface area (TPSA) is 110 Å². The van der Waals surface area contributed by atoms with Gasteiger partial charge in [0.1, 0.15) is 11.6 Å². The van der Waals surface area contributed by atoms with Crippen LogP contribution in [0.1, 0.15) is 22.7 Å². The van der Waals surface area contributed by atoms with Gasteiger partial charge in [-0.15, -0.1) is 10.2 Å². The molecule has 1 aromatic carbocycles. The zero-order chi connectivity index (χ0) is 15.4. The summed E-state index contributed by atoms with van der Waals surface area (Å²) < 4.78 is 0. The lowest BCUT2D eigenvalue weighted by molar-refractivity contribution is 0.0994. The second kappa shape index (κ2) is 6.21. The van der Waals surface area contributed by atoms with Crippen molar-refractivity contribution in [1.29, 1.82) is 0 Å². The fourth-order valence-corrected chi connectivity index (χ4v) is 2.15. The maximum Gasteiger partial charge on any atom is 0.269 e. The van der Waals surface area contributed by atoms with E-state index in [0.29, 0.717) is 5.82 Å². The van der Waals surface area contributed by atoms with Gasteiger partial charge in [-0.2, -0.15) is 0 Å². The first kappa shape index (κ1) is 14.0. The molecule has 7 nitrogen and oxygen atoms in total. The highest BCUT2D eigenvalue weighted by molar-refractivity contribution is 5.90. The molecule has 112 valence electrons. The zero-order valence-corrected chi connectivity index (χ0v) is 11.9. The van der Waals surface area contributed by atoms with Gasteiger partial charge in [-0.25, -0.2) is 4.98 Å². The fraction of sp³-hybridized carbons (Fsp3) is 0.200. The van der Waals surface area contributed by atoms with Crippen LogP contribution in [0.2, 0.25) is 0 Å². The van der Waals surface area contributed by atoms with Gasteiger partial charge in [0, 0.05) is 13.0 Å². The van der Waals surface area contributed by atoms with Crippen molar-refractivity contribution in [3.8, 4) is 0 Å². The number of hydrogen-bond acceptors (Lipinski definition) is 5. The summed E-state index contributed by atoms with van der Waals surface area (Å²) in [5, 5.41) is 10.8. The number of nitrogens with one attached hydrogen (secondary N) is 2. The van der Waals surface area contributed by atoms with Gasteiger partial charge in [-0.1, -0.05) is 12.1 Å². The predicted octanol–water partition coefficient (Wildman–Crippen LogP) is 1.50. The largest absolute Gasteiger partial charge is 0.369 e. The molecule has 22 heavy (non-hydrogen) atoms. The van der Waals surface area contributed by atoms with Crippen molar-refractivity contribution in [2.24, 2.45) is 5.73 Å². The summed E-state index contributed by atoms with van der Waals surface area (Å²) in [7, 11) is 0. The van der Waals surface area contributed by atoms with Gasteiger partial charge in [0.25, 0.3) is 5.91 Å². The molecule has 2 aromatic heterocycles. The van der Waals surface area contributed by atoms with Crippen LogP contribution >= 0.6 is 0 Å². The Labute approximate surface area is 127 Å². The minimum absolute atomic E-state index is 0.160. The number of imidazole rings is 1. The van der Waals surface area contributed by atoms with E-state index in [2.05, 4.69) is 25.5 Å². The van der Waals surface area contributed by atoms with Crippen molar-refractivity contribution in [1.82, 2.24) is 20.2 Å². The Hall–Kier alpha value is -2.96. The van der Waals surface area contributed by atoms with E-state index in [9.17, 15) is 4.79 Å². The van der Waals surface area contributed by atoms with Crippen LogP contribution in [0, 0.1) is 0 Å². The Kier molecular flexibility index (Phi) is 3.95. The lowest BCUT2D eigenvalue weighted by Crippen LogP contribution is -2.14. The minimum atomic E-state index is -0.580. The highest BCUT2D eigenvalue weighted by Crippen LogP contribution is 2.11. The number of aromatic nitrogens is 4. The summed E-state index contributed by atoms with van der Waals surface area (Å²) in [6.45, 7) is 0.738. The maximum atomic E-state index is 10.9. The van der Waals surface area contributed by atoms with Crippen LogP contribution in [0.15, 0.2) is 36.4 Å². The van der Waals surface area contributed by atoms with Crippen LogP contribution in [-0.4, -0.2) is 32.6 Å². The number of primary amides is 1. The van der Waals surface area contributed by atoms with Crippen LogP contribution in [0.5, 0.6) is 0 Å². The van der Waals surface area contributed by atoms with E-state index in [4.69, 9.17) is 5.73 Å². The van der Waals surface area contributed by atoms with Crippen molar-refractivity contribution in [3.63, 3.8) is 0 Å². The maximum absolute atomic E-state index is 10.9. The summed E-state index contributed by atoms with van der Waals surface area (Å²) in [4.78, 5) is 18.7. The van der Waals surface area contributed by atoms with Crippen molar-refractivity contribution >= 4 is 22.8 Å². The van der Waals surface area contributed by atoms with Crippen LogP contribution in [-0.2, 0) is 6.42 Å². The molecular weight excluding hydrogens is 280 g/mol. The van der Waals surface area contributed by atoms with Gasteiger partial charge in [0.15, 0.2) is 5.69 Å². The molecule has 0 radical (unpaired) electrons. The highest BCUT2D eigenvalue weighted by Gasteiger charge is 2.04. The molecule has 0 fully saturated rings. The number of fused-ring (bicyclic) bond motifs is 1. The minimum Gasteiger partial charge on any atom is -0.369 e.